The van der Waals surface area contributed by atoms with Crippen molar-refractivity contribution < 1.29 is 4.42 Å². The molecule has 0 atom stereocenters. The molecule has 0 spiro atoms. The lowest BCUT2D eigenvalue weighted by Gasteiger charge is -2.25. The van der Waals surface area contributed by atoms with Crippen molar-refractivity contribution in [2.75, 3.05) is 4.90 Å². The second kappa shape index (κ2) is 8.27. The average Bonchev–Trinajstić information content (AvgIpc) is 3.26. The first-order chi connectivity index (χ1) is 16.3. The van der Waals surface area contributed by atoms with Crippen molar-refractivity contribution in [3.8, 4) is 11.1 Å². The number of hydrogen-bond donors (Lipinski definition) is 0. The molecule has 0 aliphatic heterocycles. The number of halogens is 1. The first-order valence-corrected chi connectivity index (χ1v) is 11.7. The summed E-state index contributed by atoms with van der Waals surface area (Å²) in [7, 11) is 0. The van der Waals surface area contributed by atoms with Crippen LogP contribution in [0.25, 0.3) is 33.1 Å². The van der Waals surface area contributed by atoms with Crippen molar-refractivity contribution in [1.29, 1.82) is 0 Å². The van der Waals surface area contributed by atoms with E-state index in [0.29, 0.717) is 0 Å². The van der Waals surface area contributed by atoms with Gasteiger partial charge in [0.2, 0.25) is 0 Å². The van der Waals surface area contributed by atoms with Crippen LogP contribution in [-0.2, 0) is 0 Å². The fraction of sp³-hybridized carbons (Fsp3) is 0. The Balaban J connectivity index is 1.45. The second-order valence-electron chi connectivity index (χ2n) is 7.97. The van der Waals surface area contributed by atoms with Crippen LogP contribution in [0.2, 0.25) is 0 Å². The normalized spacial score (nSPS) is 11.2. The molecule has 0 radical (unpaired) electrons. The molecule has 3 heteroatoms. The van der Waals surface area contributed by atoms with Crippen molar-refractivity contribution in [3.05, 3.63) is 126 Å². The van der Waals surface area contributed by atoms with E-state index in [1.165, 1.54) is 0 Å². The molecular formula is C30H20BrNO. The number of furan rings is 1. The van der Waals surface area contributed by atoms with Crippen molar-refractivity contribution in [2.45, 2.75) is 0 Å². The highest BCUT2D eigenvalue weighted by Crippen LogP contribution is 2.38. The minimum Gasteiger partial charge on any atom is -0.455 e. The zero-order chi connectivity index (χ0) is 22.2. The second-order valence-corrected chi connectivity index (χ2v) is 8.89. The summed E-state index contributed by atoms with van der Waals surface area (Å²) in [5.41, 5.74) is 7.41. The van der Waals surface area contributed by atoms with Crippen LogP contribution in [0, 0.1) is 0 Å². The Labute approximate surface area is 200 Å². The Morgan fingerprint density at radius 1 is 0.515 bits per heavy atom. The molecule has 2 nitrogen and oxygen atoms in total. The van der Waals surface area contributed by atoms with Crippen LogP contribution in [-0.4, -0.2) is 0 Å². The van der Waals surface area contributed by atoms with E-state index in [9.17, 15) is 0 Å². The maximum Gasteiger partial charge on any atom is 0.143 e. The molecular weight excluding hydrogens is 470 g/mol. The van der Waals surface area contributed by atoms with Gasteiger partial charge in [-0.2, -0.15) is 0 Å². The van der Waals surface area contributed by atoms with Crippen molar-refractivity contribution in [2.24, 2.45) is 0 Å². The predicted molar refractivity (Wildman–Crippen MR) is 142 cm³/mol. The Hall–Kier alpha value is -3.82. The zero-order valence-corrected chi connectivity index (χ0v) is 19.4. The minimum absolute atomic E-state index is 0.919. The topological polar surface area (TPSA) is 16.4 Å². The molecule has 0 aliphatic carbocycles. The third kappa shape index (κ3) is 3.61. The van der Waals surface area contributed by atoms with E-state index >= 15 is 0 Å². The molecule has 5 aromatic carbocycles. The molecule has 0 bridgehead atoms. The van der Waals surface area contributed by atoms with Gasteiger partial charge >= 0.3 is 0 Å². The number of fused-ring (bicyclic) bond motifs is 3. The van der Waals surface area contributed by atoms with Gasteiger partial charge in [-0.3, -0.25) is 0 Å². The maximum atomic E-state index is 6.25. The quantitative estimate of drug-likeness (QED) is 0.245. The van der Waals surface area contributed by atoms with Crippen LogP contribution in [0.5, 0.6) is 0 Å². The molecule has 1 heterocycles. The molecule has 6 rings (SSSR count). The number of anilines is 3. The zero-order valence-electron chi connectivity index (χ0n) is 17.8. The van der Waals surface area contributed by atoms with Gasteiger partial charge in [-0.05, 0) is 60.2 Å². The van der Waals surface area contributed by atoms with E-state index in [4.69, 9.17) is 4.42 Å². The summed E-state index contributed by atoms with van der Waals surface area (Å²) in [5.74, 6) is 0. The van der Waals surface area contributed by atoms with E-state index in [0.717, 1.165) is 54.6 Å². The van der Waals surface area contributed by atoms with Crippen molar-refractivity contribution >= 4 is 54.9 Å². The molecule has 0 N–H and O–H groups in total. The van der Waals surface area contributed by atoms with E-state index in [1.807, 2.05) is 18.2 Å². The van der Waals surface area contributed by atoms with Crippen LogP contribution in [0.1, 0.15) is 0 Å². The van der Waals surface area contributed by atoms with Crippen LogP contribution in [0.3, 0.4) is 0 Å². The molecule has 0 saturated heterocycles. The van der Waals surface area contributed by atoms with Crippen molar-refractivity contribution in [3.63, 3.8) is 0 Å². The van der Waals surface area contributed by atoms with E-state index in [-0.39, 0.29) is 0 Å². The molecule has 158 valence electrons. The lowest BCUT2D eigenvalue weighted by molar-refractivity contribution is 0.670. The lowest BCUT2D eigenvalue weighted by Crippen LogP contribution is -2.09. The Bertz CT molecular complexity index is 1550. The average molecular weight is 490 g/mol. The highest BCUT2D eigenvalue weighted by molar-refractivity contribution is 9.10. The fourth-order valence-corrected chi connectivity index (χ4v) is 4.64. The number of nitrogens with zero attached hydrogens (tertiary/aromatic N) is 1. The summed E-state index contributed by atoms with van der Waals surface area (Å²) in [6.45, 7) is 0. The van der Waals surface area contributed by atoms with Gasteiger partial charge in [0.05, 0.1) is 0 Å². The third-order valence-corrected chi connectivity index (χ3v) is 6.47. The molecule has 33 heavy (non-hydrogen) atoms. The first-order valence-electron chi connectivity index (χ1n) is 10.9. The molecule has 0 unspecified atom stereocenters. The highest BCUT2D eigenvalue weighted by atomic mass is 79.9. The third-order valence-electron chi connectivity index (χ3n) is 5.94. The van der Waals surface area contributed by atoms with Gasteiger partial charge in [0.1, 0.15) is 11.2 Å². The van der Waals surface area contributed by atoms with Crippen LogP contribution < -0.4 is 4.90 Å². The standard InChI is InChI=1S/C30H20BrNO/c31-22-15-19-25(20-16-22)32(23-7-2-1-3-8-23)24-17-13-21(14-18-24)26-10-6-11-28-27-9-4-5-12-29(27)33-30(26)28/h1-20H. The van der Waals surface area contributed by atoms with E-state index in [2.05, 4.69) is 124 Å². The van der Waals surface area contributed by atoms with Gasteiger partial charge in [0.25, 0.3) is 0 Å². The molecule has 0 saturated carbocycles. The van der Waals surface area contributed by atoms with Gasteiger partial charge in [-0.1, -0.05) is 82.7 Å². The largest absolute Gasteiger partial charge is 0.455 e. The van der Waals surface area contributed by atoms with Crippen LogP contribution in [0.15, 0.2) is 130 Å². The smallest absolute Gasteiger partial charge is 0.143 e. The van der Waals surface area contributed by atoms with Gasteiger partial charge in [-0.25, -0.2) is 0 Å². The van der Waals surface area contributed by atoms with Gasteiger partial charge < -0.3 is 9.32 Å². The summed E-state index contributed by atoms with van der Waals surface area (Å²) in [4.78, 5) is 2.26. The van der Waals surface area contributed by atoms with Crippen LogP contribution >= 0.6 is 15.9 Å². The molecule has 0 aliphatic rings. The van der Waals surface area contributed by atoms with Crippen LogP contribution in [0.4, 0.5) is 17.1 Å². The Morgan fingerprint density at radius 3 is 1.88 bits per heavy atom. The fourth-order valence-electron chi connectivity index (χ4n) is 4.38. The van der Waals surface area contributed by atoms with Gasteiger partial charge in [-0.15, -0.1) is 0 Å². The summed E-state index contributed by atoms with van der Waals surface area (Å²) in [6.07, 6.45) is 0. The number of para-hydroxylation sites is 3. The summed E-state index contributed by atoms with van der Waals surface area (Å²) in [6, 6.07) is 42.1. The summed E-state index contributed by atoms with van der Waals surface area (Å²) in [5, 5.41) is 2.30. The number of hydrogen-bond acceptors (Lipinski definition) is 2. The van der Waals surface area contributed by atoms with E-state index in [1.54, 1.807) is 0 Å². The van der Waals surface area contributed by atoms with Crippen molar-refractivity contribution in [1.82, 2.24) is 0 Å². The minimum atomic E-state index is 0.919. The van der Waals surface area contributed by atoms with Gasteiger partial charge in [0, 0.05) is 37.9 Å². The predicted octanol–water partition coefficient (Wildman–Crippen LogP) is 9.49. The SMILES string of the molecule is Brc1ccc(N(c2ccccc2)c2ccc(-c3cccc4c3oc3ccccc34)cc2)cc1. The Kier molecular flexibility index (Phi) is 4.97. The first kappa shape index (κ1) is 19.8. The molecule has 6 aromatic rings. The molecule has 1 aromatic heterocycles. The van der Waals surface area contributed by atoms with E-state index < -0.39 is 0 Å². The Morgan fingerprint density at radius 2 is 1.12 bits per heavy atom. The highest BCUT2D eigenvalue weighted by Gasteiger charge is 2.14. The molecule has 0 amide bonds. The number of rotatable bonds is 4. The van der Waals surface area contributed by atoms with Gasteiger partial charge in [0.15, 0.2) is 0 Å². The number of benzene rings is 5. The summed E-state index contributed by atoms with van der Waals surface area (Å²) >= 11 is 3.55. The molecule has 0 fully saturated rings. The summed E-state index contributed by atoms with van der Waals surface area (Å²) < 4.78 is 7.31. The maximum absolute atomic E-state index is 6.25. The monoisotopic (exact) mass is 489 g/mol. The lowest BCUT2D eigenvalue weighted by atomic mass is 10.0.